The molecule has 2 heterocycles. The van der Waals surface area contributed by atoms with Gasteiger partial charge in [0, 0.05) is 44.8 Å². The number of nitro groups is 1. The fraction of sp³-hybridized carbons (Fsp3) is 0.577. The summed E-state index contributed by atoms with van der Waals surface area (Å²) in [4.78, 5) is 34.4. The van der Waals surface area contributed by atoms with Crippen LogP contribution in [0.25, 0.3) is 0 Å². The van der Waals surface area contributed by atoms with Crippen LogP contribution >= 0.6 is 0 Å². The van der Waals surface area contributed by atoms with E-state index in [2.05, 4.69) is 30.8 Å². The van der Waals surface area contributed by atoms with Crippen LogP contribution in [0.3, 0.4) is 0 Å². The highest BCUT2D eigenvalue weighted by Crippen LogP contribution is 2.29. The van der Waals surface area contributed by atoms with Crippen molar-refractivity contribution >= 4 is 23.4 Å². The van der Waals surface area contributed by atoms with Gasteiger partial charge in [-0.1, -0.05) is 12.1 Å². The molecular formula is C26H38N8O4. The molecule has 1 aliphatic carbocycles. The second-order valence-electron chi connectivity index (χ2n) is 9.95. The molecule has 1 saturated carbocycles. The van der Waals surface area contributed by atoms with Gasteiger partial charge in [-0.05, 0) is 61.8 Å². The van der Waals surface area contributed by atoms with Crippen molar-refractivity contribution in [3.05, 3.63) is 51.7 Å². The second kappa shape index (κ2) is 14.0. The maximum atomic E-state index is 12.6. The first-order valence-electron chi connectivity index (χ1n) is 13.4. The number of amides is 1. The summed E-state index contributed by atoms with van der Waals surface area (Å²) in [6.07, 6.45) is 5.51. The Morgan fingerprint density at radius 2 is 1.92 bits per heavy atom. The van der Waals surface area contributed by atoms with Gasteiger partial charge in [0.1, 0.15) is 6.20 Å². The molecule has 0 bridgehead atoms. The molecule has 206 valence electrons. The van der Waals surface area contributed by atoms with Gasteiger partial charge in [-0.2, -0.15) is 4.98 Å². The SMILES string of the molecule is NCC1CCC(CNc2nc(NCc3cccc(C(=O)NCCN4CCOCC4)c3)ncc2[N+](=O)[O-])CC1. The molecule has 2 aliphatic rings. The molecule has 1 saturated heterocycles. The van der Waals surface area contributed by atoms with Crippen LogP contribution in [-0.2, 0) is 11.3 Å². The van der Waals surface area contributed by atoms with Gasteiger partial charge in [0.05, 0.1) is 18.1 Å². The molecule has 0 atom stereocenters. The summed E-state index contributed by atoms with van der Waals surface area (Å²) >= 11 is 0. The largest absolute Gasteiger partial charge is 0.379 e. The Balaban J connectivity index is 1.30. The van der Waals surface area contributed by atoms with Crippen molar-refractivity contribution in [2.24, 2.45) is 17.6 Å². The van der Waals surface area contributed by atoms with Crippen LogP contribution in [0.15, 0.2) is 30.5 Å². The van der Waals surface area contributed by atoms with Gasteiger partial charge in [0.15, 0.2) is 0 Å². The lowest BCUT2D eigenvalue weighted by Crippen LogP contribution is -2.41. The standard InChI is InChI=1S/C26H38N8O4/c27-15-19-4-6-20(7-5-19)16-29-24-23(34(36)37)18-31-26(32-24)30-17-21-2-1-3-22(14-21)25(35)28-8-9-33-10-12-38-13-11-33/h1-3,14,18-20H,4-13,15-17,27H2,(H,28,35)(H2,29,30,31,32). The number of nitrogens with two attached hydrogens (primary N) is 1. The third-order valence-electron chi connectivity index (χ3n) is 7.28. The Morgan fingerprint density at radius 3 is 2.66 bits per heavy atom. The average molecular weight is 527 g/mol. The summed E-state index contributed by atoms with van der Waals surface area (Å²) < 4.78 is 5.35. The Labute approximate surface area is 222 Å². The summed E-state index contributed by atoms with van der Waals surface area (Å²) in [7, 11) is 0. The fourth-order valence-corrected chi connectivity index (χ4v) is 4.89. The lowest BCUT2D eigenvalue weighted by Gasteiger charge is -2.27. The summed E-state index contributed by atoms with van der Waals surface area (Å²) in [5.41, 5.74) is 7.08. The highest BCUT2D eigenvalue weighted by molar-refractivity contribution is 5.94. The molecule has 38 heavy (non-hydrogen) atoms. The molecule has 1 aliphatic heterocycles. The van der Waals surface area contributed by atoms with Gasteiger partial charge in [-0.3, -0.25) is 19.8 Å². The molecule has 0 radical (unpaired) electrons. The van der Waals surface area contributed by atoms with Crippen LogP contribution in [0.1, 0.15) is 41.6 Å². The lowest BCUT2D eigenvalue weighted by molar-refractivity contribution is -0.384. The highest BCUT2D eigenvalue weighted by atomic mass is 16.6. The number of nitrogens with zero attached hydrogens (tertiary/aromatic N) is 4. The van der Waals surface area contributed by atoms with Crippen LogP contribution in [0.2, 0.25) is 0 Å². The second-order valence-corrected chi connectivity index (χ2v) is 9.95. The summed E-state index contributed by atoms with van der Waals surface area (Å²) in [6, 6.07) is 7.33. The quantitative estimate of drug-likeness (QED) is 0.238. The van der Waals surface area contributed by atoms with E-state index in [4.69, 9.17) is 10.5 Å². The number of morpholine rings is 1. The molecule has 12 heteroatoms. The number of rotatable bonds is 12. The van der Waals surface area contributed by atoms with Gasteiger partial charge in [0.25, 0.3) is 5.91 Å². The number of ether oxygens (including phenoxy) is 1. The van der Waals surface area contributed by atoms with Crippen molar-refractivity contribution in [1.82, 2.24) is 20.2 Å². The van der Waals surface area contributed by atoms with Crippen LogP contribution < -0.4 is 21.7 Å². The number of benzene rings is 1. The predicted molar refractivity (Wildman–Crippen MR) is 145 cm³/mol. The Hall–Kier alpha value is -3.35. The van der Waals surface area contributed by atoms with E-state index in [1.807, 2.05) is 18.2 Å². The van der Waals surface area contributed by atoms with Gasteiger partial charge in [-0.15, -0.1) is 0 Å². The molecule has 1 aromatic heterocycles. The van der Waals surface area contributed by atoms with Crippen molar-refractivity contribution < 1.29 is 14.5 Å². The van der Waals surface area contributed by atoms with Crippen LogP contribution in [0.5, 0.6) is 0 Å². The number of carbonyl (C=O) groups excluding carboxylic acids is 1. The molecule has 2 fully saturated rings. The van der Waals surface area contributed by atoms with Crippen molar-refractivity contribution in [3.63, 3.8) is 0 Å². The van der Waals surface area contributed by atoms with Crippen molar-refractivity contribution in [1.29, 1.82) is 0 Å². The molecule has 1 aromatic carbocycles. The molecule has 0 spiro atoms. The molecule has 2 aromatic rings. The van der Waals surface area contributed by atoms with E-state index >= 15 is 0 Å². The van der Waals surface area contributed by atoms with E-state index in [0.29, 0.717) is 37.0 Å². The number of nitrogens with one attached hydrogen (secondary N) is 3. The van der Waals surface area contributed by atoms with E-state index in [-0.39, 0.29) is 23.4 Å². The smallest absolute Gasteiger partial charge is 0.329 e. The minimum Gasteiger partial charge on any atom is -0.379 e. The minimum absolute atomic E-state index is 0.126. The molecule has 0 unspecified atom stereocenters. The molecule has 12 nitrogen and oxygen atoms in total. The van der Waals surface area contributed by atoms with E-state index in [1.54, 1.807) is 6.07 Å². The molecule has 5 N–H and O–H groups in total. The van der Waals surface area contributed by atoms with E-state index < -0.39 is 4.92 Å². The molecular weight excluding hydrogens is 488 g/mol. The maximum Gasteiger partial charge on any atom is 0.329 e. The van der Waals surface area contributed by atoms with Crippen LogP contribution in [0.4, 0.5) is 17.5 Å². The number of carbonyl (C=O) groups is 1. The highest BCUT2D eigenvalue weighted by Gasteiger charge is 2.23. The normalized spacial score (nSPS) is 20.0. The van der Waals surface area contributed by atoms with Crippen LogP contribution in [-0.4, -0.2) is 78.2 Å². The van der Waals surface area contributed by atoms with E-state index in [9.17, 15) is 14.9 Å². The minimum atomic E-state index is -0.474. The van der Waals surface area contributed by atoms with E-state index in [0.717, 1.165) is 70.6 Å². The predicted octanol–water partition coefficient (Wildman–Crippen LogP) is 2.24. The van der Waals surface area contributed by atoms with Crippen LogP contribution in [0, 0.1) is 22.0 Å². The van der Waals surface area contributed by atoms with Crippen molar-refractivity contribution in [3.8, 4) is 0 Å². The van der Waals surface area contributed by atoms with Gasteiger partial charge in [-0.25, -0.2) is 4.98 Å². The molecule has 1 amide bonds. The van der Waals surface area contributed by atoms with Gasteiger partial charge >= 0.3 is 5.69 Å². The summed E-state index contributed by atoms with van der Waals surface area (Å²) in [5.74, 6) is 1.38. The zero-order valence-electron chi connectivity index (χ0n) is 21.7. The van der Waals surface area contributed by atoms with Gasteiger partial charge < -0.3 is 26.4 Å². The third kappa shape index (κ3) is 8.07. The zero-order chi connectivity index (χ0) is 26.7. The topological polar surface area (TPSA) is 161 Å². The summed E-state index contributed by atoms with van der Waals surface area (Å²) in [6.45, 7) is 6.30. The first kappa shape index (κ1) is 27.7. The lowest BCUT2D eigenvalue weighted by atomic mass is 9.82. The molecule has 4 rings (SSSR count). The summed E-state index contributed by atoms with van der Waals surface area (Å²) in [5, 5.41) is 20.8. The number of hydrogen-bond donors (Lipinski definition) is 4. The monoisotopic (exact) mass is 526 g/mol. The Morgan fingerprint density at radius 1 is 1.16 bits per heavy atom. The number of anilines is 2. The third-order valence-corrected chi connectivity index (χ3v) is 7.28. The fourth-order valence-electron chi connectivity index (χ4n) is 4.89. The van der Waals surface area contributed by atoms with Crippen molar-refractivity contribution in [2.75, 3.05) is 63.1 Å². The maximum absolute atomic E-state index is 12.6. The zero-order valence-corrected chi connectivity index (χ0v) is 21.7. The van der Waals surface area contributed by atoms with Gasteiger partial charge in [0.2, 0.25) is 11.8 Å². The van der Waals surface area contributed by atoms with E-state index in [1.165, 1.54) is 6.20 Å². The Kier molecular flexibility index (Phi) is 10.2. The Bertz CT molecular complexity index is 1070. The number of aromatic nitrogens is 2. The first-order valence-corrected chi connectivity index (χ1v) is 13.4. The number of hydrogen-bond acceptors (Lipinski definition) is 10. The first-order chi connectivity index (χ1) is 18.5. The van der Waals surface area contributed by atoms with Crippen molar-refractivity contribution in [2.45, 2.75) is 32.2 Å². The average Bonchev–Trinajstić information content (AvgIpc) is 2.96.